The highest BCUT2D eigenvalue weighted by Gasteiger charge is 2.28. The van der Waals surface area contributed by atoms with Crippen molar-refractivity contribution in [3.63, 3.8) is 0 Å². The lowest BCUT2D eigenvalue weighted by Crippen LogP contribution is -2.45. The van der Waals surface area contributed by atoms with E-state index in [0.29, 0.717) is 36.4 Å². The number of nitrogens with one attached hydrogen (secondary N) is 1. The van der Waals surface area contributed by atoms with Gasteiger partial charge in [-0.2, -0.15) is 0 Å². The monoisotopic (exact) mass is 253 g/mol. The van der Waals surface area contributed by atoms with E-state index >= 15 is 0 Å². The second-order valence-electron chi connectivity index (χ2n) is 4.94. The van der Waals surface area contributed by atoms with Crippen molar-refractivity contribution in [1.82, 2.24) is 5.32 Å². The molecule has 0 aromatic heterocycles. The summed E-state index contributed by atoms with van der Waals surface area (Å²) in [6.45, 7) is 5.50. The summed E-state index contributed by atoms with van der Waals surface area (Å²) in [5.74, 6) is 0.780. The molecular formula is C14H20FNO2. The van der Waals surface area contributed by atoms with Gasteiger partial charge in [-0.1, -0.05) is 19.9 Å². The zero-order chi connectivity index (χ0) is 13.1. The number of rotatable bonds is 3. The number of hydrogen-bond acceptors (Lipinski definition) is 3. The first-order valence-electron chi connectivity index (χ1n) is 6.31. The normalized spacial score (nSPS) is 24.3. The Bertz CT molecular complexity index is 401. The number of benzene rings is 1. The number of halogens is 1. The second kappa shape index (κ2) is 5.67. The second-order valence-corrected chi connectivity index (χ2v) is 4.94. The lowest BCUT2D eigenvalue weighted by atomic mass is 10.0. The minimum atomic E-state index is -0.281. The zero-order valence-corrected chi connectivity index (χ0v) is 11.1. The first-order valence-corrected chi connectivity index (χ1v) is 6.31. The third kappa shape index (κ3) is 2.65. The maximum Gasteiger partial charge on any atom is 0.132 e. The topological polar surface area (TPSA) is 30.5 Å². The van der Waals surface area contributed by atoms with E-state index in [0.717, 1.165) is 0 Å². The van der Waals surface area contributed by atoms with Gasteiger partial charge in [0.2, 0.25) is 0 Å². The number of ether oxygens (including phenoxy) is 2. The molecule has 1 fully saturated rings. The maximum absolute atomic E-state index is 13.9. The van der Waals surface area contributed by atoms with Crippen LogP contribution in [-0.4, -0.2) is 26.3 Å². The molecule has 2 atom stereocenters. The van der Waals surface area contributed by atoms with Crippen LogP contribution in [0.2, 0.25) is 0 Å². The fourth-order valence-corrected chi connectivity index (χ4v) is 2.22. The summed E-state index contributed by atoms with van der Waals surface area (Å²) in [7, 11) is 1.55. The highest BCUT2D eigenvalue weighted by atomic mass is 19.1. The van der Waals surface area contributed by atoms with Crippen molar-refractivity contribution in [3.05, 3.63) is 29.6 Å². The van der Waals surface area contributed by atoms with Crippen LogP contribution in [0.3, 0.4) is 0 Å². The quantitative estimate of drug-likeness (QED) is 0.898. The summed E-state index contributed by atoms with van der Waals surface area (Å²) in [5, 5.41) is 3.40. The summed E-state index contributed by atoms with van der Waals surface area (Å²) < 4.78 is 24.9. The lowest BCUT2D eigenvalue weighted by molar-refractivity contribution is -0.00996. The van der Waals surface area contributed by atoms with Crippen LogP contribution in [0.4, 0.5) is 4.39 Å². The van der Waals surface area contributed by atoms with E-state index in [1.165, 1.54) is 6.07 Å². The van der Waals surface area contributed by atoms with Gasteiger partial charge in [0.25, 0.3) is 0 Å². The van der Waals surface area contributed by atoms with Crippen molar-refractivity contribution < 1.29 is 13.9 Å². The predicted octanol–water partition coefficient (Wildman–Crippen LogP) is 2.52. The maximum atomic E-state index is 13.9. The van der Waals surface area contributed by atoms with Gasteiger partial charge in [-0.3, -0.25) is 0 Å². The van der Waals surface area contributed by atoms with Crippen molar-refractivity contribution in [3.8, 4) is 5.75 Å². The molecule has 1 saturated heterocycles. The molecule has 1 aliphatic heterocycles. The first kappa shape index (κ1) is 13.3. The molecule has 1 aromatic rings. The molecule has 0 bridgehead atoms. The van der Waals surface area contributed by atoms with Gasteiger partial charge >= 0.3 is 0 Å². The summed E-state index contributed by atoms with van der Waals surface area (Å²) in [6, 6.07) is 5.18. The van der Waals surface area contributed by atoms with Crippen LogP contribution in [0.15, 0.2) is 18.2 Å². The van der Waals surface area contributed by atoms with Crippen molar-refractivity contribution in [1.29, 1.82) is 0 Å². The van der Waals surface area contributed by atoms with Gasteiger partial charge in [0.15, 0.2) is 0 Å². The van der Waals surface area contributed by atoms with Crippen molar-refractivity contribution in [2.24, 2.45) is 5.92 Å². The number of hydrogen-bond donors (Lipinski definition) is 1. The Balaban J connectivity index is 2.14. The van der Waals surface area contributed by atoms with Crippen LogP contribution in [0.1, 0.15) is 25.5 Å². The highest BCUT2D eigenvalue weighted by molar-refractivity contribution is 5.37. The van der Waals surface area contributed by atoms with E-state index in [2.05, 4.69) is 19.2 Å². The van der Waals surface area contributed by atoms with Gasteiger partial charge in [0.1, 0.15) is 17.7 Å². The molecule has 1 aromatic carbocycles. The molecule has 1 N–H and O–H groups in total. The molecule has 1 aliphatic rings. The van der Waals surface area contributed by atoms with E-state index in [-0.39, 0.29) is 11.9 Å². The third-order valence-electron chi connectivity index (χ3n) is 3.40. The van der Waals surface area contributed by atoms with Gasteiger partial charge in [0, 0.05) is 12.6 Å². The Morgan fingerprint density at radius 3 is 2.78 bits per heavy atom. The Labute approximate surface area is 107 Å². The first-order chi connectivity index (χ1) is 8.63. The predicted molar refractivity (Wildman–Crippen MR) is 68.3 cm³/mol. The van der Waals surface area contributed by atoms with Crippen molar-refractivity contribution in [2.75, 3.05) is 20.3 Å². The minimum absolute atomic E-state index is 0.274. The van der Waals surface area contributed by atoms with E-state index in [1.54, 1.807) is 19.2 Å². The Morgan fingerprint density at radius 1 is 1.44 bits per heavy atom. The molecule has 0 aliphatic carbocycles. The van der Waals surface area contributed by atoms with Gasteiger partial charge < -0.3 is 14.8 Å². The van der Waals surface area contributed by atoms with Crippen LogP contribution >= 0.6 is 0 Å². The Kier molecular flexibility index (Phi) is 4.19. The molecular weight excluding hydrogens is 233 g/mol. The lowest BCUT2D eigenvalue weighted by Gasteiger charge is -2.33. The standard InChI is InChI=1S/C14H20FNO2/c1-9(2)11-8-18-13(7-16-11)14-10(15)5-4-6-12(14)17-3/h4-6,9,11,13,16H,7-8H2,1-3H3. The van der Waals surface area contributed by atoms with E-state index in [1.807, 2.05) is 0 Å². The molecule has 18 heavy (non-hydrogen) atoms. The van der Waals surface area contributed by atoms with E-state index < -0.39 is 0 Å². The zero-order valence-electron chi connectivity index (χ0n) is 11.1. The van der Waals surface area contributed by atoms with Crippen LogP contribution in [0.5, 0.6) is 5.75 Å². The molecule has 0 saturated carbocycles. The number of morpholine rings is 1. The molecule has 0 amide bonds. The Hall–Kier alpha value is -1.13. The van der Waals surface area contributed by atoms with Crippen molar-refractivity contribution in [2.45, 2.75) is 26.0 Å². The molecule has 100 valence electrons. The summed E-state index contributed by atoms with van der Waals surface area (Å²) in [6.07, 6.45) is -0.281. The fourth-order valence-electron chi connectivity index (χ4n) is 2.22. The smallest absolute Gasteiger partial charge is 0.132 e. The summed E-state index contributed by atoms with van der Waals surface area (Å²) >= 11 is 0. The Morgan fingerprint density at radius 2 is 2.22 bits per heavy atom. The van der Waals surface area contributed by atoms with Crippen LogP contribution in [0.25, 0.3) is 0 Å². The van der Waals surface area contributed by atoms with Crippen LogP contribution in [-0.2, 0) is 4.74 Å². The highest BCUT2D eigenvalue weighted by Crippen LogP contribution is 2.31. The van der Waals surface area contributed by atoms with E-state index in [9.17, 15) is 4.39 Å². The van der Waals surface area contributed by atoms with Crippen LogP contribution in [0, 0.1) is 11.7 Å². The van der Waals surface area contributed by atoms with Crippen LogP contribution < -0.4 is 10.1 Å². The van der Waals surface area contributed by atoms with Gasteiger partial charge in [-0.05, 0) is 18.1 Å². The fraction of sp³-hybridized carbons (Fsp3) is 0.571. The molecule has 0 radical (unpaired) electrons. The average molecular weight is 253 g/mol. The molecule has 3 nitrogen and oxygen atoms in total. The van der Waals surface area contributed by atoms with E-state index in [4.69, 9.17) is 9.47 Å². The van der Waals surface area contributed by atoms with Gasteiger partial charge in [-0.15, -0.1) is 0 Å². The van der Waals surface area contributed by atoms with Gasteiger partial charge in [0.05, 0.1) is 19.3 Å². The summed E-state index contributed by atoms with van der Waals surface area (Å²) in [4.78, 5) is 0. The molecule has 4 heteroatoms. The summed E-state index contributed by atoms with van der Waals surface area (Å²) in [5.41, 5.74) is 0.509. The minimum Gasteiger partial charge on any atom is -0.496 e. The van der Waals surface area contributed by atoms with Gasteiger partial charge in [-0.25, -0.2) is 4.39 Å². The third-order valence-corrected chi connectivity index (χ3v) is 3.40. The molecule has 2 rings (SSSR count). The average Bonchev–Trinajstić information content (AvgIpc) is 2.38. The molecule has 2 unspecified atom stereocenters. The van der Waals surface area contributed by atoms with Crippen molar-refractivity contribution >= 4 is 0 Å². The molecule has 0 spiro atoms. The number of methoxy groups -OCH3 is 1. The SMILES string of the molecule is COc1cccc(F)c1C1CNC(C(C)C)CO1. The molecule has 1 heterocycles. The largest absolute Gasteiger partial charge is 0.496 e.